The molecule has 0 aromatic heterocycles. The molecule has 6 nitrogen and oxygen atoms in total. The van der Waals surface area contributed by atoms with Crippen LogP contribution in [0.2, 0.25) is 5.02 Å². The van der Waals surface area contributed by atoms with Crippen molar-refractivity contribution < 1.29 is 23.8 Å². The quantitative estimate of drug-likeness (QED) is 0.768. The lowest BCUT2D eigenvalue weighted by molar-refractivity contribution is -0.131. The summed E-state index contributed by atoms with van der Waals surface area (Å²) in [7, 11) is 4.16. The average Bonchev–Trinajstić information content (AvgIpc) is 3.28. The zero-order valence-corrected chi connectivity index (χ0v) is 16.9. The number of hydrogen-bond acceptors (Lipinski definition) is 4. The minimum Gasteiger partial charge on any atom is -0.483 e. The Labute approximate surface area is 169 Å². The first-order chi connectivity index (χ1) is 13.3. The standard InChI is InChI=1S/C19H24ClFN2O2.CH2O2/c1-22(2)9-13-14-10-23(11-19(14)7-6-17(13)25-19)18(24)8-12-15(20)4-3-5-16(12)21;2-1-3/h3-5,13-14,17H,6-11H2,1-2H3;1H,(H,2,3)/t13-,14+,17+,19+;/m0./s1. The maximum atomic E-state index is 14.0. The number of likely N-dealkylation sites (tertiary alicyclic amines) is 1. The van der Waals surface area contributed by atoms with Crippen LogP contribution in [0.15, 0.2) is 18.2 Å². The number of carbonyl (C=O) groups excluding carboxylic acids is 1. The molecule has 3 heterocycles. The minimum atomic E-state index is -0.416. The fraction of sp³-hybridized carbons (Fsp3) is 0.600. The van der Waals surface area contributed by atoms with Gasteiger partial charge in [-0.25, -0.2) is 4.39 Å². The first-order valence-electron chi connectivity index (χ1n) is 9.42. The van der Waals surface area contributed by atoms with Crippen LogP contribution in [0.4, 0.5) is 4.39 Å². The summed E-state index contributed by atoms with van der Waals surface area (Å²) in [6.07, 6.45) is 2.44. The topological polar surface area (TPSA) is 70.1 Å². The number of rotatable bonds is 4. The molecule has 3 aliphatic heterocycles. The summed E-state index contributed by atoms with van der Waals surface area (Å²) < 4.78 is 20.4. The van der Waals surface area contributed by atoms with Gasteiger partial charge in [-0.05, 0) is 39.1 Å². The van der Waals surface area contributed by atoms with Crippen LogP contribution in [-0.4, -0.2) is 72.7 Å². The predicted octanol–water partition coefficient (Wildman–Crippen LogP) is 2.29. The number of benzene rings is 1. The Bertz CT molecular complexity index is 727. The van der Waals surface area contributed by atoms with E-state index in [1.165, 1.54) is 6.07 Å². The second-order valence-corrected chi connectivity index (χ2v) is 8.46. The highest BCUT2D eigenvalue weighted by Crippen LogP contribution is 2.55. The van der Waals surface area contributed by atoms with Gasteiger partial charge in [0.15, 0.2) is 0 Å². The molecule has 0 saturated carbocycles. The van der Waals surface area contributed by atoms with Crippen LogP contribution in [0.5, 0.6) is 0 Å². The van der Waals surface area contributed by atoms with E-state index in [9.17, 15) is 9.18 Å². The maximum Gasteiger partial charge on any atom is 0.290 e. The third kappa shape index (κ3) is 3.88. The zero-order chi connectivity index (χ0) is 20.5. The molecule has 3 aliphatic rings. The van der Waals surface area contributed by atoms with Gasteiger partial charge in [0, 0.05) is 35.5 Å². The van der Waals surface area contributed by atoms with Crippen molar-refractivity contribution >= 4 is 24.0 Å². The van der Waals surface area contributed by atoms with Gasteiger partial charge in [-0.1, -0.05) is 17.7 Å². The number of halogens is 2. The van der Waals surface area contributed by atoms with Gasteiger partial charge in [-0.3, -0.25) is 9.59 Å². The fourth-order valence-corrected chi connectivity index (χ4v) is 5.24. The molecule has 2 bridgehead atoms. The summed E-state index contributed by atoms with van der Waals surface area (Å²) in [5.74, 6) is 0.375. The summed E-state index contributed by atoms with van der Waals surface area (Å²) in [5.41, 5.74) is 0.110. The van der Waals surface area contributed by atoms with Gasteiger partial charge in [-0.15, -0.1) is 0 Å². The Balaban J connectivity index is 0.000000706. The molecule has 28 heavy (non-hydrogen) atoms. The van der Waals surface area contributed by atoms with E-state index in [0.29, 0.717) is 41.6 Å². The van der Waals surface area contributed by atoms with Crippen LogP contribution in [0.1, 0.15) is 18.4 Å². The van der Waals surface area contributed by atoms with Crippen LogP contribution in [0, 0.1) is 17.7 Å². The van der Waals surface area contributed by atoms with Crippen molar-refractivity contribution in [3.8, 4) is 0 Å². The van der Waals surface area contributed by atoms with Crippen molar-refractivity contribution in [1.29, 1.82) is 0 Å². The molecular formula is C20H26ClFN2O4. The number of amides is 1. The lowest BCUT2D eigenvalue weighted by Crippen LogP contribution is -2.40. The third-order valence-electron chi connectivity index (χ3n) is 6.10. The zero-order valence-electron chi connectivity index (χ0n) is 16.1. The van der Waals surface area contributed by atoms with Crippen LogP contribution in [-0.2, 0) is 20.7 Å². The Morgan fingerprint density at radius 1 is 1.50 bits per heavy atom. The van der Waals surface area contributed by atoms with Gasteiger partial charge < -0.3 is 19.6 Å². The lowest BCUT2D eigenvalue weighted by atomic mass is 9.73. The van der Waals surface area contributed by atoms with Gasteiger partial charge in [-0.2, -0.15) is 0 Å². The van der Waals surface area contributed by atoms with Crippen molar-refractivity contribution in [3.05, 3.63) is 34.6 Å². The Hall–Kier alpha value is -1.70. The van der Waals surface area contributed by atoms with Crippen molar-refractivity contribution in [1.82, 2.24) is 9.80 Å². The molecule has 4 rings (SSSR count). The molecule has 8 heteroatoms. The lowest BCUT2D eigenvalue weighted by Gasteiger charge is -2.30. The van der Waals surface area contributed by atoms with E-state index in [2.05, 4.69) is 19.0 Å². The largest absolute Gasteiger partial charge is 0.483 e. The van der Waals surface area contributed by atoms with E-state index in [1.54, 1.807) is 12.1 Å². The number of hydrogen-bond donors (Lipinski definition) is 1. The first-order valence-corrected chi connectivity index (χ1v) is 9.80. The van der Waals surface area contributed by atoms with Gasteiger partial charge in [0.2, 0.25) is 5.91 Å². The van der Waals surface area contributed by atoms with E-state index in [-0.39, 0.29) is 24.4 Å². The second kappa shape index (κ2) is 8.35. The number of ether oxygens (including phenoxy) is 1. The summed E-state index contributed by atoms with van der Waals surface area (Å²) in [4.78, 5) is 25.2. The Morgan fingerprint density at radius 3 is 2.86 bits per heavy atom. The van der Waals surface area contributed by atoms with Crippen LogP contribution >= 0.6 is 11.6 Å². The molecule has 1 aromatic carbocycles. The van der Waals surface area contributed by atoms with E-state index in [4.69, 9.17) is 26.2 Å². The molecule has 3 saturated heterocycles. The Morgan fingerprint density at radius 2 is 2.21 bits per heavy atom. The van der Waals surface area contributed by atoms with Gasteiger partial charge in [0.1, 0.15) is 5.82 Å². The maximum absolute atomic E-state index is 14.0. The molecule has 0 unspecified atom stereocenters. The number of fused-ring (bicyclic) bond motifs is 1. The minimum absolute atomic E-state index is 0.0100. The van der Waals surface area contributed by atoms with Gasteiger partial charge >= 0.3 is 0 Å². The van der Waals surface area contributed by atoms with Gasteiger partial charge in [0.05, 0.1) is 24.7 Å². The van der Waals surface area contributed by atoms with E-state index < -0.39 is 5.82 Å². The van der Waals surface area contributed by atoms with Crippen molar-refractivity contribution in [3.63, 3.8) is 0 Å². The van der Waals surface area contributed by atoms with E-state index >= 15 is 0 Å². The van der Waals surface area contributed by atoms with Crippen molar-refractivity contribution in [2.75, 3.05) is 33.7 Å². The molecule has 1 N–H and O–H groups in total. The highest BCUT2D eigenvalue weighted by Gasteiger charge is 2.63. The smallest absolute Gasteiger partial charge is 0.290 e. The number of nitrogens with zero attached hydrogens (tertiary/aromatic N) is 2. The molecule has 1 spiro atoms. The molecular weight excluding hydrogens is 387 g/mol. The number of carboxylic acid groups (broad SMARTS) is 1. The molecule has 0 radical (unpaired) electrons. The summed E-state index contributed by atoms with van der Waals surface area (Å²) >= 11 is 6.08. The second-order valence-electron chi connectivity index (χ2n) is 8.05. The fourth-order valence-electron chi connectivity index (χ4n) is 5.01. The van der Waals surface area contributed by atoms with Gasteiger partial charge in [0.25, 0.3) is 6.47 Å². The predicted molar refractivity (Wildman–Crippen MR) is 103 cm³/mol. The highest BCUT2D eigenvalue weighted by atomic mass is 35.5. The normalized spacial score (nSPS) is 30.2. The molecule has 154 valence electrons. The van der Waals surface area contributed by atoms with Crippen molar-refractivity contribution in [2.45, 2.75) is 31.0 Å². The van der Waals surface area contributed by atoms with Crippen LogP contribution < -0.4 is 0 Å². The SMILES string of the molecule is CN(C)C[C@H]1[C@H]2CN(C(=O)Cc3c(F)cccc3Cl)C[C@]23CC[C@H]1O3.O=CO. The third-order valence-corrected chi connectivity index (χ3v) is 6.46. The molecule has 1 aromatic rings. The average molecular weight is 413 g/mol. The van der Waals surface area contributed by atoms with E-state index in [0.717, 1.165) is 19.4 Å². The summed E-state index contributed by atoms with van der Waals surface area (Å²) in [5, 5.41) is 7.20. The van der Waals surface area contributed by atoms with Crippen molar-refractivity contribution in [2.24, 2.45) is 11.8 Å². The number of carbonyl (C=O) groups is 2. The monoisotopic (exact) mass is 412 g/mol. The molecule has 1 amide bonds. The first kappa shape index (κ1) is 21.0. The summed E-state index contributed by atoms with van der Waals surface area (Å²) in [6, 6.07) is 4.54. The highest BCUT2D eigenvalue weighted by molar-refractivity contribution is 6.31. The molecule has 0 aliphatic carbocycles. The molecule has 3 fully saturated rings. The van der Waals surface area contributed by atoms with Crippen LogP contribution in [0.3, 0.4) is 0 Å². The summed E-state index contributed by atoms with van der Waals surface area (Å²) in [6.45, 7) is 2.07. The Kier molecular flexibility index (Phi) is 6.27. The van der Waals surface area contributed by atoms with E-state index in [1.807, 2.05) is 4.90 Å². The molecule has 4 atom stereocenters. The van der Waals surface area contributed by atoms with Crippen LogP contribution in [0.25, 0.3) is 0 Å².